The first-order valence-electron chi connectivity index (χ1n) is 11.9. The first-order chi connectivity index (χ1) is 16.9. The highest BCUT2D eigenvalue weighted by Crippen LogP contribution is 2.28. The number of aliphatic hydroxyl groups excluding tert-OH is 1. The van der Waals surface area contributed by atoms with Gasteiger partial charge in [0, 0.05) is 36.9 Å². The summed E-state index contributed by atoms with van der Waals surface area (Å²) in [5.41, 5.74) is 1.54. The molecule has 0 aliphatic carbocycles. The van der Waals surface area contributed by atoms with Crippen LogP contribution >= 0.6 is 11.6 Å². The van der Waals surface area contributed by atoms with E-state index in [-0.39, 0.29) is 50.3 Å². The predicted octanol–water partition coefficient (Wildman–Crippen LogP) is 1.96. The van der Waals surface area contributed by atoms with Crippen LogP contribution < -0.4 is 10.6 Å². The summed E-state index contributed by atoms with van der Waals surface area (Å²) in [5, 5.41) is 16.7. The van der Waals surface area contributed by atoms with E-state index in [1.807, 2.05) is 17.8 Å². The number of β-amino-alcohol motifs (C(OH)–C–C–N with tert-alkyl or cyclic N) is 1. The van der Waals surface area contributed by atoms with Crippen molar-refractivity contribution in [1.82, 2.24) is 19.8 Å². The molecule has 0 radical (unpaired) electrons. The van der Waals surface area contributed by atoms with Gasteiger partial charge >= 0.3 is 6.03 Å². The lowest BCUT2D eigenvalue weighted by molar-refractivity contribution is -0.149. The first kappa shape index (κ1) is 25.4. The molecule has 11 heteroatoms. The number of benzene rings is 1. The van der Waals surface area contributed by atoms with Crippen LogP contribution in [0.5, 0.6) is 0 Å². The van der Waals surface area contributed by atoms with E-state index in [0.717, 1.165) is 5.69 Å². The number of aromatic nitrogens is 2. The number of nitrogens with one attached hydrogen (secondary N) is 2. The van der Waals surface area contributed by atoms with E-state index >= 15 is 0 Å². The number of aliphatic hydroxyl groups is 1. The van der Waals surface area contributed by atoms with Crippen LogP contribution in [0.2, 0.25) is 5.02 Å². The molecule has 4 rings (SSSR count). The topological polar surface area (TPSA) is 118 Å². The molecular formula is C24H32ClN5O5. The quantitative estimate of drug-likeness (QED) is 0.552. The fraction of sp³-hybridized carbons (Fsp3) is 0.542. The normalized spacial score (nSPS) is 24.7. The van der Waals surface area contributed by atoms with Gasteiger partial charge in [-0.05, 0) is 37.1 Å². The SMILES string of the molecule is Cn1cnc(CCNC(=O)C[C@H]2CC[C@@H]3[C@H](COC[C@H](O)CN3C(=O)Nc3ccc(Cl)cc3)O2)c1. The number of ether oxygens (including phenoxy) is 2. The van der Waals surface area contributed by atoms with Crippen molar-refractivity contribution in [2.75, 3.05) is 31.6 Å². The number of fused-ring (bicyclic) bond motifs is 1. The summed E-state index contributed by atoms with van der Waals surface area (Å²) in [7, 11) is 1.91. The number of urea groups is 1. The van der Waals surface area contributed by atoms with E-state index in [1.54, 1.807) is 35.5 Å². The molecule has 2 fully saturated rings. The Hall–Kier alpha value is -2.66. The van der Waals surface area contributed by atoms with Gasteiger partial charge in [-0.15, -0.1) is 0 Å². The second kappa shape index (κ2) is 11.9. The first-order valence-corrected chi connectivity index (χ1v) is 12.2. The minimum absolute atomic E-state index is 0.0797. The molecule has 3 N–H and O–H groups in total. The summed E-state index contributed by atoms with van der Waals surface area (Å²) in [6.45, 7) is 0.983. The zero-order chi connectivity index (χ0) is 24.8. The minimum atomic E-state index is -0.797. The average molecular weight is 506 g/mol. The molecule has 10 nitrogen and oxygen atoms in total. The van der Waals surface area contributed by atoms with Gasteiger partial charge in [-0.2, -0.15) is 0 Å². The molecule has 0 unspecified atom stereocenters. The summed E-state index contributed by atoms with van der Waals surface area (Å²) in [4.78, 5) is 31.5. The maximum absolute atomic E-state index is 13.1. The Kier molecular flexibility index (Phi) is 8.61. The zero-order valence-electron chi connectivity index (χ0n) is 19.7. The van der Waals surface area contributed by atoms with E-state index in [1.165, 1.54) is 0 Å². The van der Waals surface area contributed by atoms with Crippen molar-refractivity contribution in [3.63, 3.8) is 0 Å². The van der Waals surface area contributed by atoms with E-state index in [0.29, 0.717) is 36.5 Å². The third-order valence-electron chi connectivity index (χ3n) is 6.21. The third-order valence-corrected chi connectivity index (χ3v) is 6.46. The maximum atomic E-state index is 13.1. The maximum Gasteiger partial charge on any atom is 0.322 e. The molecule has 1 aromatic heterocycles. The predicted molar refractivity (Wildman–Crippen MR) is 130 cm³/mol. The van der Waals surface area contributed by atoms with Gasteiger partial charge in [0.15, 0.2) is 0 Å². The molecule has 2 aliphatic heterocycles. The number of amides is 3. The van der Waals surface area contributed by atoms with Gasteiger partial charge in [0.2, 0.25) is 5.91 Å². The standard InChI is InChI=1S/C24H32ClN5O5/c1-29-11-18(27-15-29)8-9-26-23(32)10-20-6-7-21-22(35-20)14-34-13-19(31)12-30(21)24(33)28-17-4-2-16(25)3-5-17/h2-5,11,15,19-22,31H,6-10,12-14H2,1H3,(H,26,32)(H,28,33)/t19-,20-,21-,22+/m1/s1. The number of halogens is 1. The number of hydrogen-bond acceptors (Lipinski definition) is 6. The smallest absolute Gasteiger partial charge is 0.322 e. The van der Waals surface area contributed by atoms with Crippen LogP contribution in [0, 0.1) is 0 Å². The Bertz CT molecular complexity index is 1000. The number of hydrogen-bond donors (Lipinski definition) is 3. The third kappa shape index (κ3) is 7.17. The second-order valence-electron chi connectivity index (χ2n) is 9.06. The Labute approximate surface area is 209 Å². The summed E-state index contributed by atoms with van der Waals surface area (Å²) >= 11 is 5.93. The molecular weight excluding hydrogens is 474 g/mol. The average Bonchev–Trinajstić information content (AvgIpc) is 3.23. The van der Waals surface area contributed by atoms with Crippen LogP contribution in [-0.2, 0) is 27.7 Å². The van der Waals surface area contributed by atoms with Gasteiger partial charge in [-0.3, -0.25) is 4.79 Å². The molecule has 1 aromatic carbocycles. The van der Waals surface area contributed by atoms with Gasteiger partial charge in [0.25, 0.3) is 0 Å². The largest absolute Gasteiger partial charge is 0.389 e. The molecule has 190 valence electrons. The van der Waals surface area contributed by atoms with Gasteiger partial charge in [0.1, 0.15) is 6.10 Å². The number of nitrogens with zero attached hydrogens (tertiary/aromatic N) is 3. The molecule has 0 bridgehead atoms. The fourth-order valence-corrected chi connectivity index (χ4v) is 4.63. The van der Waals surface area contributed by atoms with Crippen molar-refractivity contribution in [2.24, 2.45) is 7.05 Å². The van der Waals surface area contributed by atoms with Crippen LogP contribution in [0.15, 0.2) is 36.8 Å². The molecule has 3 heterocycles. The van der Waals surface area contributed by atoms with E-state index in [2.05, 4.69) is 15.6 Å². The number of rotatable bonds is 6. The number of anilines is 1. The zero-order valence-corrected chi connectivity index (χ0v) is 20.5. The monoisotopic (exact) mass is 505 g/mol. The van der Waals surface area contributed by atoms with Crippen LogP contribution in [0.25, 0.3) is 0 Å². The number of carbonyl (C=O) groups excluding carboxylic acids is 2. The van der Waals surface area contributed by atoms with Gasteiger partial charge < -0.3 is 34.7 Å². The summed E-state index contributed by atoms with van der Waals surface area (Å²) in [6.07, 6.45) is 4.38. The lowest BCUT2D eigenvalue weighted by Gasteiger charge is -2.44. The van der Waals surface area contributed by atoms with Crippen molar-refractivity contribution < 1.29 is 24.2 Å². The van der Waals surface area contributed by atoms with Crippen LogP contribution in [-0.4, -0.2) is 82.2 Å². The van der Waals surface area contributed by atoms with Gasteiger partial charge in [-0.1, -0.05) is 11.6 Å². The van der Waals surface area contributed by atoms with Crippen LogP contribution in [0.1, 0.15) is 25.0 Å². The highest BCUT2D eigenvalue weighted by molar-refractivity contribution is 6.30. The molecule has 2 saturated heterocycles. The number of imidazole rings is 1. The summed E-state index contributed by atoms with van der Waals surface area (Å²) in [6, 6.07) is 6.25. The summed E-state index contributed by atoms with van der Waals surface area (Å²) < 4.78 is 13.7. The molecule has 2 aromatic rings. The Morgan fingerprint density at radius 3 is 2.77 bits per heavy atom. The van der Waals surface area contributed by atoms with E-state index in [9.17, 15) is 14.7 Å². The molecule has 0 saturated carbocycles. The fourth-order valence-electron chi connectivity index (χ4n) is 4.51. The van der Waals surface area contributed by atoms with Gasteiger partial charge in [-0.25, -0.2) is 9.78 Å². The summed E-state index contributed by atoms with van der Waals surface area (Å²) in [5.74, 6) is -0.0797. The molecule has 35 heavy (non-hydrogen) atoms. The van der Waals surface area contributed by atoms with Crippen molar-refractivity contribution >= 4 is 29.2 Å². The van der Waals surface area contributed by atoms with Crippen molar-refractivity contribution in [3.8, 4) is 0 Å². The molecule has 4 atom stereocenters. The highest BCUT2D eigenvalue weighted by Gasteiger charge is 2.40. The van der Waals surface area contributed by atoms with E-state index < -0.39 is 12.2 Å². The number of aryl methyl sites for hydroxylation is 1. The lowest BCUT2D eigenvalue weighted by Crippen LogP contribution is -2.58. The van der Waals surface area contributed by atoms with Gasteiger partial charge in [0.05, 0.1) is 56.5 Å². The van der Waals surface area contributed by atoms with Crippen molar-refractivity contribution in [1.29, 1.82) is 0 Å². The second-order valence-corrected chi connectivity index (χ2v) is 9.49. The molecule has 3 amide bonds. The highest BCUT2D eigenvalue weighted by atomic mass is 35.5. The number of carbonyl (C=O) groups is 2. The lowest BCUT2D eigenvalue weighted by atomic mass is 9.95. The van der Waals surface area contributed by atoms with E-state index in [4.69, 9.17) is 21.1 Å². The van der Waals surface area contributed by atoms with Crippen molar-refractivity contribution in [3.05, 3.63) is 47.5 Å². The van der Waals surface area contributed by atoms with Crippen LogP contribution in [0.4, 0.5) is 10.5 Å². The Balaban J connectivity index is 1.32. The molecule has 2 aliphatic rings. The minimum Gasteiger partial charge on any atom is -0.389 e. The van der Waals surface area contributed by atoms with Crippen molar-refractivity contribution in [2.45, 2.75) is 50.0 Å². The molecule has 0 spiro atoms. The Morgan fingerprint density at radius 2 is 2.03 bits per heavy atom. The Morgan fingerprint density at radius 1 is 1.23 bits per heavy atom. The van der Waals surface area contributed by atoms with Crippen LogP contribution in [0.3, 0.4) is 0 Å².